The molecule has 0 aliphatic rings. The van der Waals surface area contributed by atoms with Gasteiger partial charge in [0.1, 0.15) is 22.8 Å². The first-order chi connectivity index (χ1) is 8.63. The second-order valence-electron chi connectivity index (χ2n) is 3.69. The summed E-state index contributed by atoms with van der Waals surface area (Å²) >= 11 is 0. The van der Waals surface area contributed by atoms with Gasteiger partial charge in [-0.1, -0.05) is 17.3 Å². The van der Waals surface area contributed by atoms with Crippen LogP contribution in [0.4, 0.5) is 4.39 Å². The Morgan fingerprint density at radius 1 is 1.50 bits per heavy atom. The molecule has 1 aromatic carbocycles. The first-order valence-corrected chi connectivity index (χ1v) is 5.52. The molecule has 0 aliphatic carbocycles. The molecule has 0 atom stereocenters. The van der Waals surface area contributed by atoms with Gasteiger partial charge in [-0.15, -0.1) is 0 Å². The van der Waals surface area contributed by atoms with Crippen molar-refractivity contribution in [2.24, 2.45) is 0 Å². The number of rotatable bonds is 3. The lowest BCUT2D eigenvalue weighted by Gasteiger charge is -2.02. The molecule has 0 bridgehead atoms. The van der Waals surface area contributed by atoms with Crippen molar-refractivity contribution in [3.05, 3.63) is 41.4 Å². The fourth-order valence-electron chi connectivity index (χ4n) is 1.65. The number of esters is 1. The Labute approximate surface area is 103 Å². The predicted molar refractivity (Wildman–Crippen MR) is 62.6 cm³/mol. The molecular weight excluding hydrogens is 237 g/mol. The molecule has 2 rings (SSSR count). The van der Waals surface area contributed by atoms with E-state index in [0.717, 1.165) is 0 Å². The van der Waals surface area contributed by atoms with Crippen LogP contribution in [-0.4, -0.2) is 17.7 Å². The molecule has 4 nitrogen and oxygen atoms in total. The maximum atomic E-state index is 13.2. The Morgan fingerprint density at radius 3 is 2.94 bits per heavy atom. The van der Waals surface area contributed by atoms with Crippen molar-refractivity contribution < 1.29 is 18.4 Å². The number of benzene rings is 1. The quantitative estimate of drug-likeness (QED) is 0.785. The Balaban J connectivity index is 2.49. The van der Waals surface area contributed by atoms with Gasteiger partial charge in [0, 0.05) is 5.56 Å². The normalized spacial score (nSPS) is 10.4. The smallest absolute Gasteiger partial charge is 0.344 e. The summed E-state index contributed by atoms with van der Waals surface area (Å²) in [5.74, 6) is -0.564. The third kappa shape index (κ3) is 2.25. The molecule has 0 aliphatic heterocycles. The summed E-state index contributed by atoms with van der Waals surface area (Å²) < 4.78 is 23.1. The second kappa shape index (κ2) is 5.00. The molecular formula is C13H12FNO3. The van der Waals surface area contributed by atoms with Crippen molar-refractivity contribution in [3.63, 3.8) is 0 Å². The van der Waals surface area contributed by atoms with Gasteiger partial charge in [0.2, 0.25) is 0 Å². The maximum absolute atomic E-state index is 13.2. The SMILES string of the molecule is CCOC(=O)c1c(-c2cccc(F)c2)noc1C. The van der Waals surface area contributed by atoms with Gasteiger partial charge >= 0.3 is 5.97 Å². The van der Waals surface area contributed by atoms with Crippen LogP contribution in [0.1, 0.15) is 23.0 Å². The molecule has 18 heavy (non-hydrogen) atoms. The number of carbonyl (C=O) groups is 1. The summed E-state index contributed by atoms with van der Waals surface area (Å²) in [5, 5.41) is 3.79. The third-order valence-corrected chi connectivity index (χ3v) is 2.44. The summed E-state index contributed by atoms with van der Waals surface area (Å²) in [7, 11) is 0. The molecule has 5 heteroatoms. The lowest BCUT2D eigenvalue weighted by Crippen LogP contribution is -2.06. The van der Waals surface area contributed by atoms with Crippen LogP contribution in [0.2, 0.25) is 0 Å². The van der Waals surface area contributed by atoms with E-state index in [-0.39, 0.29) is 12.2 Å². The van der Waals surface area contributed by atoms with Gasteiger partial charge in [-0.25, -0.2) is 9.18 Å². The highest BCUT2D eigenvalue weighted by Crippen LogP contribution is 2.26. The standard InChI is InChI=1S/C13H12FNO3/c1-3-17-13(16)11-8(2)18-15-12(11)9-5-4-6-10(14)7-9/h4-7H,3H2,1-2H3. The highest BCUT2D eigenvalue weighted by Gasteiger charge is 2.22. The largest absolute Gasteiger partial charge is 0.462 e. The van der Waals surface area contributed by atoms with E-state index in [4.69, 9.17) is 9.26 Å². The third-order valence-electron chi connectivity index (χ3n) is 2.44. The Hall–Kier alpha value is -2.17. The fraction of sp³-hybridized carbons (Fsp3) is 0.231. The zero-order valence-electron chi connectivity index (χ0n) is 10.1. The average Bonchev–Trinajstić information content (AvgIpc) is 2.71. The number of hydrogen-bond donors (Lipinski definition) is 0. The molecule has 2 aromatic rings. The predicted octanol–water partition coefficient (Wildman–Crippen LogP) is 2.97. The van der Waals surface area contributed by atoms with Crippen LogP contribution in [0.3, 0.4) is 0 Å². The molecule has 0 N–H and O–H groups in total. The lowest BCUT2D eigenvalue weighted by atomic mass is 10.1. The van der Waals surface area contributed by atoms with Gasteiger partial charge in [-0.05, 0) is 26.0 Å². The second-order valence-corrected chi connectivity index (χ2v) is 3.69. The number of ether oxygens (including phenoxy) is 1. The Morgan fingerprint density at radius 2 is 2.28 bits per heavy atom. The van der Waals surface area contributed by atoms with Gasteiger partial charge in [-0.3, -0.25) is 0 Å². The fourth-order valence-corrected chi connectivity index (χ4v) is 1.65. The molecule has 1 heterocycles. The van der Waals surface area contributed by atoms with E-state index in [2.05, 4.69) is 5.16 Å². The molecule has 1 aromatic heterocycles. The van der Waals surface area contributed by atoms with Crippen LogP contribution in [0, 0.1) is 12.7 Å². The van der Waals surface area contributed by atoms with Crippen LogP contribution in [-0.2, 0) is 4.74 Å². The number of halogens is 1. The zero-order chi connectivity index (χ0) is 13.1. The van der Waals surface area contributed by atoms with E-state index in [9.17, 15) is 9.18 Å². The van der Waals surface area contributed by atoms with Gasteiger partial charge in [0.05, 0.1) is 6.61 Å². The van der Waals surface area contributed by atoms with Crippen LogP contribution in [0.25, 0.3) is 11.3 Å². The monoisotopic (exact) mass is 249 g/mol. The highest BCUT2D eigenvalue weighted by atomic mass is 19.1. The van der Waals surface area contributed by atoms with E-state index in [1.807, 2.05) is 0 Å². The van der Waals surface area contributed by atoms with Crippen molar-refractivity contribution in [1.82, 2.24) is 5.16 Å². The molecule has 0 saturated carbocycles. The first kappa shape index (κ1) is 12.3. The number of aryl methyl sites for hydroxylation is 1. The number of hydrogen-bond acceptors (Lipinski definition) is 4. The minimum atomic E-state index is -0.518. The number of aromatic nitrogens is 1. The van der Waals surface area contributed by atoms with Crippen LogP contribution < -0.4 is 0 Å². The minimum absolute atomic E-state index is 0.238. The van der Waals surface area contributed by atoms with Gasteiger partial charge in [0.15, 0.2) is 0 Å². The number of carbonyl (C=O) groups excluding carboxylic acids is 1. The summed E-state index contributed by atoms with van der Waals surface area (Å²) in [6.45, 7) is 3.58. The lowest BCUT2D eigenvalue weighted by molar-refractivity contribution is 0.0525. The van der Waals surface area contributed by atoms with E-state index in [0.29, 0.717) is 17.0 Å². The first-order valence-electron chi connectivity index (χ1n) is 5.52. The maximum Gasteiger partial charge on any atom is 0.344 e. The molecule has 0 spiro atoms. The summed E-state index contributed by atoms with van der Waals surface area (Å²) in [6.07, 6.45) is 0. The van der Waals surface area contributed by atoms with Crippen LogP contribution in [0.15, 0.2) is 28.8 Å². The van der Waals surface area contributed by atoms with Gasteiger partial charge in [0.25, 0.3) is 0 Å². The van der Waals surface area contributed by atoms with Crippen molar-refractivity contribution in [3.8, 4) is 11.3 Å². The van der Waals surface area contributed by atoms with Crippen molar-refractivity contribution in [2.75, 3.05) is 6.61 Å². The van der Waals surface area contributed by atoms with Crippen LogP contribution in [0.5, 0.6) is 0 Å². The summed E-state index contributed by atoms with van der Waals surface area (Å²) in [5.41, 5.74) is 1.02. The van der Waals surface area contributed by atoms with Gasteiger partial charge in [-0.2, -0.15) is 0 Å². The van der Waals surface area contributed by atoms with E-state index in [1.54, 1.807) is 26.0 Å². The Bertz CT molecular complexity index is 577. The van der Waals surface area contributed by atoms with Gasteiger partial charge < -0.3 is 9.26 Å². The number of nitrogens with zero attached hydrogens (tertiary/aromatic N) is 1. The molecule has 94 valence electrons. The van der Waals surface area contributed by atoms with Crippen molar-refractivity contribution in [2.45, 2.75) is 13.8 Å². The van der Waals surface area contributed by atoms with E-state index < -0.39 is 11.8 Å². The topological polar surface area (TPSA) is 52.3 Å². The molecule has 0 unspecified atom stereocenters. The zero-order valence-corrected chi connectivity index (χ0v) is 10.1. The van der Waals surface area contributed by atoms with Crippen molar-refractivity contribution >= 4 is 5.97 Å². The van der Waals surface area contributed by atoms with Crippen LogP contribution >= 0.6 is 0 Å². The van der Waals surface area contributed by atoms with E-state index in [1.165, 1.54) is 12.1 Å². The molecule has 0 fully saturated rings. The highest BCUT2D eigenvalue weighted by molar-refractivity contribution is 5.97. The molecule has 0 radical (unpaired) electrons. The minimum Gasteiger partial charge on any atom is -0.462 e. The molecule has 0 amide bonds. The average molecular weight is 249 g/mol. The molecule has 0 saturated heterocycles. The summed E-state index contributed by atoms with van der Waals surface area (Å²) in [6, 6.07) is 5.81. The Kier molecular flexibility index (Phi) is 3.41. The summed E-state index contributed by atoms with van der Waals surface area (Å²) in [4.78, 5) is 11.8. The van der Waals surface area contributed by atoms with Crippen molar-refractivity contribution in [1.29, 1.82) is 0 Å². The van der Waals surface area contributed by atoms with E-state index >= 15 is 0 Å².